The molecule has 30 heavy (non-hydrogen) atoms. The molecule has 2 aromatic heterocycles. The Bertz CT molecular complexity index is 1260. The van der Waals surface area contributed by atoms with Crippen LogP contribution in [-0.2, 0) is 29.1 Å². The summed E-state index contributed by atoms with van der Waals surface area (Å²) in [6.07, 6.45) is -0.0634. The van der Waals surface area contributed by atoms with E-state index in [-0.39, 0.29) is 18.6 Å². The van der Waals surface area contributed by atoms with Gasteiger partial charge in [0.2, 0.25) is 0 Å². The molecule has 0 unspecified atom stereocenters. The molecule has 0 radical (unpaired) electrons. The highest BCUT2D eigenvalue weighted by Gasteiger charge is 2.17. The van der Waals surface area contributed by atoms with Crippen molar-refractivity contribution in [3.05, 3.63) is 92.6 Å². The van der Waals surface area contributed by atoms with Crippen molar-refractivity contribution in [1.82, 2.24) is 20.0 Å². The summed E-state index contributed by atoms with van der Waals surface area (Å²) in [4.78, 5) is 24.3. The van der Waals surface area contributed by atoms with Gasteiger partial charge in [0.25, 0.3) is 5.56 Å². The van der Waals surface area contributed by atoms with Gasteiger partial charge in [0, 0.05) is 10.9 Å². The van der Waals surface area contributed by atoms with Crippen molar-refractivity contribution in [2.24, 2.45) is 0 Å². The van der Waals surface area contributed by atoms with Gasteiger partial charge in [-0.2, -0.15) is 10.2 Å². The number of aryl methyl sites for hydroxylation is 1. The van der Waals surface area contributed by atoms with Crippen molar-refractivity contribution >= 4 is 28.3 Å². The molecule has 0 bridgehead atoms. The number of benzene rings is 2. The molecule has 152 valence electrons. The number of esters is 1. The molecule has 0 amide bonds. The second kappa shape index (κ2) is 8.51. The third-order valence-corrected chi connectivity index (χ3v) is 5.25. The first-order chi connectivity index (χ1) is 14.5. The van der Waals surface area contributed by atoms with E-state index in [0.717, 1.165) is 5.56 Å². The van der Waals surface area contributed by atoms with E-state index in [1.807, 2.05) is 37.3 Å². The number of hydrogen-bond acceptors (Lipinski definition) is 5. The van der Waals surface area contributed by atoms with E-state index in [0.29, 0.717) is 39.4 Å². The second-order valence-corrected chi connectivity index (χ2v) is 7.24. The van der Waals surface area contributed by atoms with E-state index >= 15 is 0 Å². The number of ether oxygens (including phenoxy) is 1. The van der Waals surface area contributed by atoms with Crippen LogP contribution in [0.4, 0.5) is 0 Å². The highest BCUT2D eigenvalue weighted by Crippen LogP contribution is 2.22. The molecule has 2 aromatic carbocycles. The number of nitrogens with zero attached hydrogens (tertiary/aromatic N) is 3. The Morgan fingerprint density at radius 3 is 2.57 bits per heavy atom. The largest absolute Gasteiger partial charge is 0.460 e. The highest BCUT2D eigenvalue weighted by atomic mass is 35.5. The van der Waals surface area contributed by atoms with E-state index in [1.54, 1.807) is 28.9 Å². The van der Waals surface area contributed by atoms with Crippen molar-refractivity contribution in [2.75, 3.05) is 0 Å². The Kier molecular flexibility index (Phi) is 5.63. The Labute approximate surface area is 177 Å². The summed E-state index contributed by atoms with van der Waals surface area (Å²) in [6.45, 7) is 2.37. The van der Waals surface area contributed by atoms with Crippen LogP contribution in [0.25, 0.3) is 10.8 Å². The van der Waals surface area contributed by atoms with Crippen molar-refractivity contribution in [3.8, 4) is 0 Å². The lowest BCUT2D eigenvalue weighted by Gasteiger charge is -2.07. The summed E-state index contributed by atoms with van der Waals surface area (Å²) in [5.74, 6) is -0.467. The Morgan fingerprint density at radius 2 is 1.80 bits per heavy atom. The normalized spacial score (nSPS) is 11.0. The monoisotopic (exact) mass is 422 g/mol. The Hall–Kier alpha value is -3.45. The van der Waals surface area contributed by atoms with Gasteiger partial charge in [-0.1, -0.05) is 60.1 Å². The summed E-state index contributed by atoms with van der Waals surface area (Å²) in [5.41, 5.74) is 2.60. The fourth-order valence-electron chi connectivity index (χ4n) is 3.26. The summed E-state index contributed by atoms with van der Waals surface area (Å²) < 4.78 is 7.11. The zero-order valence-electron chi connectivity index (χ0n) is 16.3. The molecule has 2 heterocycles. The fraction of sp³-hybridized carbons (Fsp3) is 0.182. The average molecular weight is 423 g/mol. The third kappa shape index (κ3) is 4.11. The zero-order valence-corrected chi connectivity index (χ0v) is 17.0. The Balaban J connectivity index is 1.46. The predicted molar refractivity (Wildman–Crippen MR) is 113 cm³/mol. The number of hydrogen-bond donors (Lipinski definition) is 1. The summed E-state index contributed by atoms with van der Waals surface area (Å²) in [7, 11) is 0. The first-order valence-corrected chi connectivity index (χ1v) is 9.78. The SMILES string of the molecule is Cc1nn(Cc2ccccc2)c(Cl)c1COC(=O)Cc1n[nH]c(=O)c2ccccc12. The Morgan fingerprint density at radius 1 is 1.10 bits per heavy atom. The summed E-state index contributed by atoms with van der Waals surface area (Å²) >= 11 is 6.48. The minimum atomic E-state index is -0.467. The number of carbonyl (C=O) groups excluding carboxylic acids is 1. The molecule has 0 saturated carbocycles. The first-order valence-electron chi connectivity index (χ1n) is 9.40. The van der Waals surface area contributed by atoms with Crippen LogP contribution in [0.3, 0.4) is 0 Å². The van der Waals surface area contributed by atoms with Crippen molar-refractivity contribution in [3.63, 3.8) is 0 Å². The lowest BCUT2D eigenvalue weighted by Crippen LogP contribution is -2.15. The molecule has 0 aliphatic heterocycles. The quantitative estimate of drug-likeness (QED) is 0.481. The van der Waals surface area contributed by atoms with E-state index in [9.17, 15) is 9.59 Å². The van der Waals surface area contributed by atoms with E-state index in [2.05, 4.69) is 15.3 Å². The molecule has 0 aliphatic rings. The first kappa shape index (κ1) is 19.8. The molecule has 0 aliphatic carbocycles. The van der Waals surface area contributed by atoms with Crippen LogP contribution >= 0.6 is 11.6 Å². The van der Waals surface area contributed by atoms with Crippen LogP contribution in [-0.4, -0.2) is 25.9 Å². The third-order valence-electron chi connectivity index (χ3n) is 4.82. The van der Waals surface area contributed by atoms with Gasteiger partial charge >= 0.3 is 5.97 Å². The molecule has 1 N–H and O–H groups in total. The van der Waals surface area contributed by atoms with Gasteiger partial charge in [-0.15, -0.1) is 0 Å². The van der Waals surface area contributed by atoms with Gasteiger partial charge in [-0.3, -0.25) is 9.59 Å². The number of carbonyl (C=O) groups is 1. The summed E-state index contributed by atoms with van der Waals surface area (Å²) in [5, 5.41) is 12.4. The zero-order chi connectivity index (χ0) is 21.1. The number of halogens is 1. The molecule has 0 fully saturated rings. The van der Waals surface area contributed by atoms with Gasteiger partial charge in [0.1, 0.15) is 11.8 Å². The average Bonchev–Trinajstić information content (AvgIpc) is 3.02. The molecule has 8 heteroatoms. The van der Waals surface area contributed by atoms with Crippen LogP contribution in [0, 0.1) is 6.92 Å². The maximum Gasteiger partial charge on any atom is 0.312 e. The van der Waals surface area contributed by atoms with Gasteiger partial charge in [0.15, 0.2) is 0 Å². The number of aromatic nitrogens is 4. The van der Waals surface area contributed by atoms with E-state index in [1.165, 1.54) is 0 Å². The smallest absolute Gasteiger partial charge is 0.312 e. The number of H-pyrrole nitrogens is 1. The minimum Gasteiger partial charge on any atom is -0.460 e. The number of fused-ring (bicyclic) bond motifs is 1. The van der Waals surface area contributed by atoms with Gasteiger partial charge in [-0.05, 0) is 18.6 Å². The highest BCUT2D eigenvalue weighted by molar-refractivity contribution is 6.30. The van der Waals surface area contributed by atoms with Crippen LogP contribution in [0.1, 0.15) is 22.5 Å². The maximum atomic E-state index is 12.4. The topological polar surface area (TPSA) is 89.9 Å². The van der Waals surface area contributed by atoms with Crippen LogP contribution in [0.15, 0.2) is 59.4 Å². The molecule has 4 rings (SSSR count). The lowest BCUT2D eigenvalue weighted by molar-refractivity contribution is -0.144. The van der Waals surface area contributed by atoms with Crippen LogP contribution < -0.4 is 5.56 Å². The molecule has 4 aromatic rings. The van der Waals surface area contributed by atoms with Gasteiger partial charge < -0.3 is 4.74 Å². The van der Waals surface area contributed by atoms with Crippen molar-refractivity contribution in [2.45, 2.75) is 26.5 Å². The minimum absolute atomic E-state index is 0.0135. The van der Waals surface area contributed by atoms with Crippen LogP contribution in [0.2, 0.25) is 5.15 Å². The lowest BCUT2D eigenvalue weighted by atomic mass is 10.1. The number of aromatic amines is 1. The van der Waals surface area contributed by atoms with E-state index in [4.69, 9.17) is 16.3 Å². The van der Waals surface area contributed by atoms with Gasteiger partial charge in [0.05, 0.1) is 29.7 Å². The maximum absolute atomic E-state index is 12.4. The molecular weight excluding hydrogens is 404 g/mol. The van der Waals surface area contributed by atoms with Crippen molar-refractivity contribution in [1.29, 1.82) is 0 Å². The molecule has 7 nitrogen and oxygen atoms in total. The molecule has 0 spiro atoms. The van der Waals surface area contributed by atoms with Crippen LogP contribution in [0.5, 0.6) is 0 Å². The van der Waals surface area contributed by atoms with E-state index < -0.39 is 5.97 Å². The predicted octanol–water partition coefficient (Wildman–Crippen LogP) is 3.42. The fourth-order valence-corrected chi connectivity index (χ4v) is 3.55. The van der Waals surface area contributed by atoms with Crippen molar-refractivity contribution < 1.29 is 9.53 Å². The standard InChI is InChI=1S/C22H19ClN4O3/c1-14-18(21(23)27(26-14)12-15-7-3-2-4-8-15)13-30-20(28)11-19-16-9-5-6-10-17(16)22(29)25-24-19/h2-10H,11-13H2,1H3,(H,25,29). The van der Waals surface area contributed by atoms with Gasteiger partial charge in [-0.25, -0.2) is 9.78 Å². The molecular formula is C22H19ClN4O3. The number of rotatable bonds is 6. The molecule has 0 atom stereocenters. The molecule has 0 saturated heterocycles. The second-order valence-electron chi connectivity index (χ2n) is 6.88. The number of nitrogens with one attached hydrogen (secondary N) is 1. The summed E-state index contributed by atoms with van der Waals surface area (Å²) in [6, 6.07) is 16.9.